The van der Waals surface area contributed by atoms with Crippen LogP contribution in [0.2, 0.25) is 0 Å². The fourth-order valence-electron chi connectivity index (χ4n) is 1.41. The third-order valence-corrected chi connectivity index (χ3v) is 3.61. The van der Waals surface area contributed by atoms with Crippen LogP contribution in [0.5, 0.6) is 0 Å². The second-order valence-electron chi connectivity index (χ2n) is 3.58. The number of carbonyl (C=O) groups is 1. The topological polar surface area (TPSA) is 35.5 Å². The Morgan fingerprint density at radius 3 is 2.93 bits per heavy atom. The molecule has 1 aliphatic heterocycles. The smallest absolute Gasteiger partial charge is 0.332 e. The van der Waals surface area contributed by atoms with Crippen LogP contribution in [0.1, 0.15) is 19.3 Å². The molecule has 0 radical (unpaired) electrons. The zero-order valence-electron chi connectivity index (χ0n) is 8.29. The Morgan fingerprint density at radius 2 is 2.43 bits per heavy atom. The molecule has 0 aromatic carbocycles. The summed E-state index contributed by atoms with van der Waals surface area (Å²) in [6, 6.07) is 0. The summed E-state index contributed by atoms with van der Waals surface area (Å²) in [7, 11) is 0.513. The van der Waals surface area contributed by atoms with Crippen molar-refractivity contribution in [2.24, 2.45) is 0 Å². The molecule has 14 heavy (non-hydrogen) atoms. The van der Waals surface area contributed by atoms with Crippen molar-refractivity contribution in [3.63, 3.8) is 0 Å². The normalized spacial score (nSPS) is 29.5. The van der Waals surface area contributed by atoms with Crippen molar-refractivity contribution < 1.29 is 18.7 Å². The van der Waals surface area contributed by atoms with Crippen LogP contribution in [-0.2, 0) is 14.3 Å². The van der Waals surface area contributed by atoms with Crippen LogP contribution < -0.4 is 0 Å². The lowest BCUT2D eigenvalue weighted by atomic mass is 10.1. The number of rotatable bonds is 3. The minimum atomic E-state index is -1.65. The molecule has 1 rings (SSSR count). The van der Waals surface area contributed by atoms with Gasteiger partial charge in [0.2, 0.25) is 0 Å². The summed E-state index contributed by atoms with van der Waals surface area (Å²) >= 11 is 0. The van der Waals surface area contributed by atoms with Crippen LogP contribution in [0.25, 0.3) is 0 Å². The molecular weight excluding hydrogens is 203 g/mol. The zero-order chi connectivity index (χ0) is 10.6. The van der Waals surface area contributed by atoms with E-state index < -0.39 is 17.6 Å². The minimum Gasteiger partial charge on any atom is -0.425 e. The number of alkyl halides is 1. The van der Waals surface area contributed by atoms with Crippen LogP contribution >= 0.6 is 0 Å². The molecule has 2 atom stereocenters. The highest BCUT2D eigenvalue weighted by molar-refractivity contribution is 6.15. The third-order valence-electron chi connectivity index (χ3n) is 2.37. The summed E-state index contributed by atoms with van der Waals surface area (Å²) < 4.78 is 23.4. The molecule has 0 N–H and O–H groups in total. The van der Waals surface area contributed by atoms with E-state index in [1.807, 2.05) is 0 Å². The van der Waals surface area contributed by atoms with Gasteiger partial charge in [-0.05, 0) is 19.3 Å². The van der Waals surface area contributed by atoms with E-state index in [9.17, 15) is 9.18 Å². The average Bonchev–Trinajstić information content (AvgIpc) is 2.18. The number of ether oxygens (including phenoxy) is 2. The van der Waals surface area contributed by atoms with E-state index >= 15 is 0 Å². The molecule has 0 spiro atoms. The van der Waals surface area contributed by atoms with Gasteiger partial charge >= 0.3 is 5.97 Å². The number of halogens is 1. The Balaban J connectivity index is 2.52. The fourth-order valence-corrected chi connectivity index (χ4v) is 2.08. The maximum Gasteiger partial charge on any atom is 0.332 e. The van der Waals surface area contributed by atoms with Crippen molar-refractivity contribution >= 4 is 16.2 Å². The van der Waals surface area contributed by atoms with Gasteiger partial charge < -0.3 is 9.47 Å². The quantitative estimate of drug-likeness (QED) is 0.387. The van der Waals surface area contributed by atoms with Gasteiger partial charge in [0.15, 0.2) is 0 Å². The van der Waals surface area contributed by atoms with Gasteiger partial charge in [0.25, 0.3) is 6.36 Å². The second-order valence-corrected chi connectivity index (χ2v) is 5.27. The highest BCUT2D eigenvalue weighted by Crippen LogP contribution is 2.27. The van der Waals surface area contributed by atoms with Gasteiger partial charge in [-0.15, -0.1) is 0 Å². The van der Waals surface area contributed by atoms with Gasteiger partial charge in [-0.25, -0.2) is 4.79 Å². The summed E-state index contributed by atoms with van der Waals surface area (Å²) in [5.74, 6) is -0.734. The highest BCUT2D eigenvalue weighted by atomic mass is 28.1. The Kier molecular flexibility index (Phi) is 3.83. The predicted octanol–water partition coefficient (Wildman–Crippen LogP) is 0.273. The molecule has 1 heterocycles. The first-order chi connectivity index (χ1) is 6.58. The fraction of sp³-hybridized carbons (Fsp3) is 0.667. The van der Waals surface area contributed by atoms with Crippen LogP contribution in [0, 0.1) is 0 Å². The molecule has 2 unspecified atom stereocenters. The monoisotopic (exact) mass is 218 g/mol. The molecule has 0 saturated carbocycles. The lowest BCUT2D eigenvalue weighted by molar-refractivity contribution is -0.184. The second kappa shape index (κ2) is 4.70. The van der Waals surface area contributed by atoms with Crippen molar-refractivity contribution in [1.29, 1.82) is 0 Å². The van der Waals surface area contributed by atoms with E-state index in [-0.39, 0.29) is 0 Å². The first kappa shape index (κ1) is 11.4. The lowest BCUT2D eigenvalue weighted by Gasteiger charge is -2.35. The largest absolute Gasteiger partial charge is 0.425 e. The van der Waals surface area contributed by atoms with Crippen LogP contribution in [0.3, 0.4) is 0 Å². The highest BCUT2D eigenvalue weighted by Gasteiger charge is 2.39. The molecular formula is C9H15FO3Si. The van der Waals surface area contributed by atoms with E-state index in [2.05, 4.69) is 11.3 Å². The van der Waals surface area contributed by atoms with E-state index in [0.717, 1.165) is 18.9 Å². The van der Waals surface area contributed by atoms with Crippen LogP contribution in [0.15, 0.2) is 12.7 Å². The maximum atomic E-state index is 13.5. The molecule has 0 amide bonds. The van der Waals surface area contributed by atoms with Crippen molar-refractivity contribution in [1.82, 2.24) is 0 Å². The number of carbonyl (C=O) groups excluding carboxylic acids is 1. The minimum absolute atomic E-state index is 0.513. The van der Waals surface area contributed by atoms with Crippen molar-refractivity contribution in [2.75, 3.05) is 6.61 Å². The molecule has 0 aromatic heterocycles. The molecule has 0 bridgehead atoms. The summed E-state index contributed by atoms with van der Waals surface area (Å²) in [5, 5.41) is -0.850. The SMILES string of the molecule is C=CC(=O)OC(F)C1([SiH3])CCCCO1. The first-order valence-corrected chi connectivity index (χ1v) is 5.69. The maximum absolute atomic E-state index is 13.5. The lowest BCUT2D eigenvalue weighted by Crippen LogP contribution is -2.47. The van der Waals surface area contributed by atoms with E-state index in [1.54, 1.807) is 0 Å². The van der Waals surface area contributed by atoms with Gasteiger partial charge in [-0.1, -0.05) is 6.58 Å². The standard InChI is InChI=1S/C9H15FO3Si/c1-2-7(11)13-8(10)9(14)5-3-4-6-12-9/h2,8H,1,3-6H2,14H3. The van der Waals surface area contributed by atoms with E-state index in [4.69, 9.17) is 4.74 Å². The molecule has 1 fully saturated rings. The Bertz CT molecular complexity index is 226. The summed E-state index contributed by atoms with van der Waals surface area (Å²) in [6.45, 7) is 3.76. The van der Waals surface area contributed by atoms with Crippen molar-refractivity contribution in [2.45, 2.75) is 30.8 Å². The van der Waals surface area contributed by atoms with Crippen molar-refractivity contribution in [3.05, 3.63) is 12.7 Å². The van der Waals surface area contributed by atoms with Gasteiger partial charge in [-0.3, -0.25) is 0 Å². The average molecular weight is 218 g/mol. The summed E-state index contributed by atoms with van der Waals surface area (Å²) in [4.78, 5) is 10.8. The molecule has 5 heteroatoms. The number of hydrogen-bond donors (Lipinski definition) is 0. The molecule has 80 valence electrons. The predicted molar refractivity (Wildman–Crippen MR) is 53.7 cm³/mol. The van der Waals surface area contributed by atoms with Crippen LogP contribution in [-0.4, -0.2) is 34.4 Å². The Morgan fingerprint density at radius 1 is 1.71 bits per heavy atom. The van der Waals surface area contributed by atoms with Gasteiger partial charge in [0, 0.05) is 12.7 Å². The van der Waals surface area contributed by atoms with Gasteiger partial charge in [0.1, 0.15) is 5.22 Å². The number of hydrogen-bond acceptors (Lipinski definition) is 3. The van der Waals surface area contributed by atoms with Crippen LogP contribution in [0.4, 0.5) is 4.39 Å². The van der Waals surface area contributed by atoms with Crippen molar-refractivity contribution in [3.8, 4) is 0 Å². The Labute approximate surface area is 85.7 Å². The molecule has 1 saturated heterocycles. The molecule has 3 nitrogen and oxygen atoms in total. The molecule has 0 aromatic rings. The van der Waals surface area contributed by atoms with Gasteiger partial charge in [-0.2, -0.15) is 4.39 Å². The summed E-state index contributed by atoms with van der Waals surface area (Å²) in [6.07, 6.45) is 1.81. The zero-order valence-corrected chi connectivity index (χ0v) is 10.3. The summed E-state index contributed by atoms with van der Waals surface area (Å²) in [5.41, 5.74) is 0. The number of esters is 1. The first-order valence-electron chi connectivity index (χ1n) is 4.69. The Hall–Kier alpha value is -0.683. The molecule has 1 aliphatic rings. The third kappa shape index (κ3) is 2.65. The molecule has 0 aliphatic carbocycles. The van der Waals surface area contributed by atoms with E-state index in [1.165, 1.54) is 0 Å². The van der Waals surface area contributed by atoms with E-state index in [0.29, 0.717) is 23.3 Å². The van der Waals surface area contributed by atoms with Gasteiger partial charge in [0.05, 0.1) is 10.2 Å².